The van der Waals surface area contributed by atoms with E-state index in [1.807, 2.05) is 28.0 Å². The van der Waals surface area contributed by atoms with E-state index in [2.05, 4.69) is 34.3 Å². The maximum Gasteiger partial charge on any atom is 0.325 e. The molecule has 1 fully saturated rings. The van der Waals surface area contributed by atoms with Crippen LogP contribution in [-0.4, -0.2) is 73.5 Å². The third-order valence-corrected chi connectivity index (χ3v) is 5.64. The Hall–Kier alpha value is -2.97. The molecule has 2 amide bonds. The Kier molecular flexibility index (Phi) is 7.97. The Bertz CT molecular complexity index is 927. The number of nitrogens with zero attached hydrogens (tertiary/aromatic N) is 2. The highest BCUT2D eigenvalue weighted by atomic mass is 16.5. The zero-order chi connectivity index (χ0) is 22.2. The number of carbonyl (C=O) groups excluding carboxylic acids is 3. The second-order valence-corrected chi connectivity index (χ2v) is 7.75. The smallest absolute Gasteiger partial charge is 0.325 e. The molecule has 1 aliphatic rings. The zero-order valence-electron chi connectivity index (χ0n) is 17.9. The highest BCUT2D eigenvalue weighted by Crippen LogP contribution is 2.22. The summed E-state index contributed by atoms with van der Waals surface area (Å²) in [6.07, 6.45) is 1.80. The number of carbonyl (C=O) groups is 3. The minimum Gasteiger partial charge on any atom is -0.468 e. The van der Waals surface area contributed by atoms with Gasteiger partial charge in [0.25, 0.3) is 0 Å². The molecule has 0 aliphatic carbocycles. The Labute approximate surface area is 182 Å². The molecule has 0 saturated carbocycles. The first-order valence-electron chi connectivity index (χ1n) is 10.5. The molecule has 0 bridgehead atoms. The number of likely N-dealkylation sites (tertiary alicyclic amines) is 1. The number of nitrogens with one attached hydrogen (secondary N) is 1. The minimum atomic E-state index is -0.496. The Morgan fingerprint density at radius 1 is 1.19 bits per heavy atom. The average molecular weight is 427 g/mol. The van der Waals surface area contributed by atoms with E-state index in [-0.39, 0.29) is 37.5 Å². The van der Waals surface area contributed by atoms with Gasteiger partial charge in [0.2, 0.25) is 11.8 Å². The lowest BCUT2D eigenvalue weighted by molar-refractivity contribution is -0.141. The van der Waals surface area contributed by atoms with Crippen molar-refractivity contribution >= 4 is 28.6 Å². The van der Waals surface area contributed by atoms with Crippen LogP contribution in [0.25, 0.3) is 10.8 Å². The maximum absolute atomic E-state index is 12.5. The van der Waals surface area contributed by atoms with Gasteiger partial charge in [-0.3, -0.25) is 19.3 Å². The van der Waals surface area contributed by atoms with Crippen molar-refractivity contribution in [3.05, 3.63) is 48.0 Å². The van der Waals surface area contributed by atoms with Crippen LogP contribution in [0, 0.1) is 0 Å². The van der Waals surface area contributed by atoms with Crippen LogP contribution in [0.3, 0.4) is 0 Å². The number of nitrogens with two attached hydrogens (primary N) is 1. The van der Waals surface area contributed by atoms with Gasteiger partial charge in [0.1, 0.15) is 6.54 Å². The quantitative estimate of drug-likeness (QED) is 0.577. The summed E-state index contributed by atoms with van der Waals surface area (Å²) in [5.41, 5.74) is 6.68. The molecule has 1 saturated heterocycles. The molecule has 3 rings (SSSR count). The molecule has 1 unspecified atom stereocenters. The summed E-state index contributed by atoms with van der Waals surface area (Å²) in [6, 6.07) is 14.3. The fourth-order valence-electron chi connectivity index (χ4n) is 4.13. The van der Waals surface area contributed by atoms with Crippen molar-refractivity contribution in [3.8, 4) is 0 Å². The van der Waals surface area contributed by atoms with E-state index in [0.29, 0.717) is 19.6 Å². The van der Waals surface area contributed by atoms with Gasteiger partial charge in [0, 0.05) is 25.7 Å². The van der Waals surface area contributed by atoms with Crippen LogP contribution in [-0.2, 0) is 25.7 Å². The number of hydrogen-bond donors (Lipinski definition) is 2. The molecule has 1 heterocycles. The molecule has 166 valence electrons. The lowest BCUT2D eigenvalue weighted by Crippen LogP contribution is -2.47. The van der Waals surface area contributed by atoms with Crippen molar-refractivity contribution in [2.24, 2.45) is 5.73 Å². The lowest BCUT2D eigenvalue weighted by Gasteiger charge is -2.30. The van der Waals surface area contributed by atoms with Crippen LogP contribution >= 0.6 is 0 Å². The number of esters is 1. The predicted octanol–water partition coefficient (Wildman–Crippen LogP) is 0.881. The summed E-state index contributed by atoms with van der Waals surface area (Å²) >= 11 is 0. The second-order valence-electron chi connectivity index (χ2n) is 7.75. The monoisotopic (exact) mass is 426 g/mol. The molecule has 1 atom stereocenters. The van der Waals surface area contributed by atoms with E-state index in [0.717, 1.165) is 29.2 Å². The fourth-order valence-corrected chi connectivity index (χ4v) is 4.13. The summed E-state index contributed by atoms with van der Waals surface area (Å²) in [7, 11) is 1.28. The van der Waals surface area contributed by atoms with Gasteiger partial charge < -0.3 is 20.7 Å². The Morgan fingerprint density at radius 2 is 1.97 bits per heavy atom. The van der Waals surface area contributed by atoms with Gasteiger partial charge in [0.05, 0.1) is 20.2 Å². The number of methoxy groups -OCH3 is 1. The van der Waals surface area contributed by atoms with Gasteiger partial charge in [0.15, 0.2) is 0 Å². The summed E-state index contributed by atoms with van der Waals surface area (Å²) < 4.78 is 4.59. The molecular formula is C23H30N4O4. The first-order valence-corrected chi connectivity index (χ1v) is 10.5. The number of benzene rings is 2. The number of hydrogen-bond acceptors (Lipinski definition) is 6. The van der Waals surface area contributed by atoms with E-state index >= 15 is 0 Å². The van der Waals surface area contributed by atoms with Gasteiger partial charge in [-0.05, 0) is 29.2 Å². The third-order valence-electron chi connectivity index (χ3n) is 5.64. The molecule has 0 radical (unpaired) electrons. The summed E-state index contributed by atoms with van der Waals surface area (Å²) in [5, 5.41) is 4.87. The van der Waals surface area contributed by atoms with Crippen molar-refractivity contribution in [2.75, 3.05) is 39.8 Å². The van der Waals surface area contributed by atoms with Crippen LogP contribution in [0.2, 0.25) is 0 Å². The van der Waals surface area contributed by atoms with E-state index in [4.69, 9.17) is 5.73 Å². The van der Waals surface area contributed by atoms with Gasteiger partial charge in [-0.2, -0.15) is 0 Å². The zero-order valence-corrected chi connectivity index (χ0v) is 17.9. The lowest BCUT2D eigenvalue weighted by atomic mass is 10.0. The van der Waals surface area contributed by atoms with Gasteiger partial charge in [-0.25, -0.2) is 0 Å². The van der Waals surface area contributed by atoms with Crippen LogP contribution in [0.1, 0.15) is 18.4 Å². The van der Waals surface area contributed by atoms with Crippen LogP contribution in [0.15, 0.2) is 42.5 Å². The molecule has 2 aromatic carbocycles. The number of fused-ring (bicyclic) bond motifs is 1. The van der Waals surface area contributed by atoms with E-state index in [1.165, 1.54) is 7.11 Å². The van der Waals surface area contributed by atoms with E-state index < -0.39 is 5.97 Å². The molecule has 3 N–H and O–H groups in total. The Balaban J connectivity index is 1.77. The third kappa shape index (κ3) is 6.02. The van der Waals surface area contributed by atoms with Gasteiger partial charge in [-0.15, -0.1) is 0 Å². The first-order chi connectivity index (χ1) is 15.0. The fraction of sp³-hybridized carbons (Fsp3) is 0.435. The highest BCUT2D eigenvalue weighted by Gasteiger charge is 2.30. The van der Waals surface area contributed by atoms with E-state index in [9.17, 15) is 14.4 Å². The molecule has 2 aromatic rings. The van der Waals surface area contributed by atoms with Crippen molar-refractivity contribution in [1.29, 1.82) is 0 Å². The first kappa shape index (κ1) is 22.7. The molecule has 31 heavy (non-hydrogen) atoms. The van der Waals surface area contributed by atoms with Crippen LogP contribution < -0.4 is 11.1 Å². The summed E-state index contributed by atoms with van der Waals surface area (Å²) in [6.45, 7) is 1.73. The number of ether oxygens (including phenoxy) is 1. The molecular weight excluding hydrogens is 396 g/mol. The van der Waals surface area contributed by atoms with Gasteiger partial charge >= 0.3 is 5.97 Å². The average Bonchev–Trinajstić information content (AvgIpc) is 3.25. The van der Waals surface area contributed by atoms with Crippen LogP contribution in [0.5, 0.6) is 0 Å². The standard InChI is InChI=1S/C23H30N4O4/c1-31-23(30)13-25-21(28)16-26(15-19-9-5-11-27(19)22(29)12-24)14-18-8-4-7-17-6-2-3-10-20(17)18/h2-4,6-8,10,19H,5,9,11-16,24H2,1H3,(H,25,28). The number of amides is 2. The van der Waals surface area contributed by atoms with E-state index in [1.54, 1.807) is 0 Å². The summed E-state index contributed by atoms with van der Waals surface area (Å²) in [5.74, 6) is -0.826. The topological polar surface area (TPSA) is 105 Å². The largest absolute Gasteiger partial charge is 0.468 e. The van der Waals surface area contributed by atoms with Gasteiger partial charge in [-0.1, -0.05) is 42.5 Å². The molecule has 0 spiro atoms. The molecule has 1 aliphatic heterocycles. The molecule has 8 heteroatoms. The Morgan fingerprint density at radius 3 is 2.74 bits per heavy atom. The van der Waals surface area contributed by atoms with Crippen molar-refractivity contribution in [2.45, 2.75) is 25.4 Å². The van der Waals surface area contributed by atoms with Crippen molar-refractivity contribution < 1.29 is 19.1 Å². The van der Waals surface area contributed by atoms with Crippen LogP contribution in [0.4, 0.5) is 0 Å². The summed E-state index contributed by atoms with van der Waals surface area (Å²) in [4.78, 5) is 39.9. The van der Waals surface area contributed by atoms with Crippen molar-refractivity contribution in [1.82, 2.24) is 15.1 Å². The SMILES string of the molecule is COC(=O)CNC(=O)CN(Cc1cccc2ccccc12)CC1CCCN1C(=O)CN. The molecule has 8 nitrogen and oxygen atoms in total. The number of rotatable bonds is 9. The normalized spacial score (nSPS) is 16.0. The predicted molar refractivity (Wildman–Crippen MR) is 118 cm³/mol. The van der Waals surface area contributed by atoms with Crippen molar-refractivity contribution in [3.63, 3.8) is 0 Å². The maximum atomic E-state index is 12.5. The minimum absolute atomic E-state index is 0.0134. The highest BCUT2D eigenvalue weighted by molar-refractivity contribution is 5.86. The molecule has 0 aromatic heterocycles. The second kappa shape index (κ2) is 10.9.